The van der Waals surface area contributed by atoms with Crippen molar-refractivity contribution in [1.29, 1.82) is 0 Å². The SMILES string of the molecule is CC(C)NCC1CCCN(C(=O)c2cc(Br)ccc2Cl)C1. The second-order valence-corrected chi connectivity index (χ2v) is 7.27. The van der Waals surface area contributed by atoms with Crippen LogP contribution in [-0.2, 0) is 0 Å². The average molecular weight is 374 g/mol. The highest BCUT2D eigenvalue weighted by molar-refractivity contribution is 9.10. The molecule has 3 nitrogen and oxygen atoms in total. The summed E-state index contributed by atoms with van der Waals surface area (Å²) >= 11 is 9.57. The number of rotatable bonds is 4. The highest BCUT2D eigenvalue weighted by Crippen LogP contribution is 2.25. The number of amides is 1. The minimum Gasteiger partial charge on any atom is -0.338 e. The summed E-state index contributed by atoms with van der Waals surface area (Å²) in [5.74, 6) is 0.562. The number of nitrogens with zero attached hydrogens (tertiary/aromatic N) is 1. The molecule has 2 rings (SSSR count). The van der Waals surface area contributed by atoms with Gasteiger partial charge in [0.05, 0.1) is 10.6 Å². The fourth-order valence-electron chi connectivity index (χ4n) is 2.65. The van der Waals surface area contributed by atoms with Crippen LogP contribution in [0, 0.1) is 5.92 Å². The van der Waals surface area contributed by atoms with E-state index in [0.717, 1.165) is 30.5 Å². The van der Waals surface area contributed by atoms with Crippen molar-refractivity contribution in [3.05, 3.63) is 33.3 Å². The van der Waals surface area contributed by atoms with E-state index in [9.17, 15) is 4.79 Å². The zero-order valence-corrected chi connectivity index (χ0v) is 14.9. The summed E-state index contributed by atoms with van der Waals surface area (Å²) in [5.41, 5.74) is 0.587. The summed E-state index contributed by atoms with van der Waals surface area (Å²) in [6.45, 7) is 6.88. The number of carbonyl (C=O) groups is 1. The standard InChI is InChI=1S/C16H22BrClN2O/c1-11(2)19-9-12-4-3-7-20(10-12)16(21)14-8-13(17)5-6-15(14)18/h5-6,8,11-12,19H,3-4,7,9-10H2,1-2H3. The molecule has 1 aromatic carbocycles. The minimum absolute atomic E-state index is 0.0375. The van der Waals surface area contributed by atoms with Crippen molar-refractivity contribution in [3.8, 4) is 0 Å². The Hall–Kier alpha value is -0.580. The molecule has 1 unspecified atom stereocenters. The fraction of sp³-hybridized carbons (Fsp3) is 0.562. The molecule has 1 heterocycles. The molecule has 0 spiro atoms. The summed E-state index contributed by atoms with van der Waals surface area (Å²) in [5, 5.41) is 3.98. The van der Waals surface area contributed by atoms with Gasteiger partial charge in [0.1, 0.15) is 0 Å². The summed E-state index contributed by atoms with van der Waals surface area (Å²) in [6.07, 6.45) is 2.23. The molecule has 1 fully saturated rings. The maximum absolute atomic E-state index is 12.7. The van der Waals surface area contributed by atoms with Crippen LogP contribution < -0.4 is 5.32 Å². The third-order valence-electron chi connectivity index (χ3n) is 3.78. The lowest BCUT2D eigenvalue weighted by atomic mass is 9.97. The molecule has 1 aliphatic rings. The van der Waals surface area contributed by atoms with Crippen LogP contribution in [-0.4, -0.2) is 36.5 Å². The van der Waals surface area contributed by atoms with E-state index in [1.165, 1.54) is 6.42 Å². The van der Waals surface area contributed by atoms with Gasteiger partial charge in [0.15, 0.2) is 0 Å². The number of benzene rings is 1. The summed E-state index contributed by atoms with van der Waals surface area (Å²) in [6, 6.07) is 5.90. The predicted octanol–water partition coefficient (Wildman–Crippen LogP) is 3.95. The van der Waals surface area contributed by atoms with E-state index in [2.05, 4.69) is 35.1 Å². The van der Waals surface area contributed by atoms with Crippen molar-refractivity contribution in [2.45, 2.75) is 32.7 Å². The number of hydrogen-bond donors (Lipinski definition) is 1. The Morgan fingerprint density at radius 2 is 2.29 bits per heavy atom. The normalized spacial score (nSPS) is 19.1. The quantitative estimate of drug-likeness (QED) is 0.866. The third kappa shape index (κ3) is 4.70. The molecule has 116 valence electrons. The Kier molecular flexibility index (Phi) is 6.08. The van der Waals surface area contributed by atoms with Crippen LogP contribution in [0.4, 0.5) is 0 Å². The topological polar surface area (TPSA) is 32.3 Å². The number of halogens is 2. The Bertz CT molecular complexity index is 507. The molecule has 5 heteroatoms. The molecule has 1 N–H and O–H groups in total. The predicted molar refractivity (Wildman–Crippen MR) is 90.9 cm³/mol. The van der Waals surface area contributed by atoms with E-state index >= 15 is 0 Å². The molecule has 1 saturated heterocycles. The Balaban J connectivity index is 2.03. The van der Waals surface area contributed by atoms with Gasteiger partial charge in [-0.1, -0.05) is 41.4 Å². The largest absolute Gasteiger partial charge is 0.338 e. The van der Waals surface area contributed by atoms with Gasteiger partial charge < -0.3 is 10.2 Å². The van der Waals surface area contributed by atoms with Crippen molar-refractivity contribution < 1.29 is 4.79 Å². The number of hydrogen-bond acceptors (Lipinski definition) is 2. The van der Waals surface area contributed by atoms with Crippen molar-refractivity contribution >= 4 is 33.4 Å². The van der Waals surface area contributed by atoms with Gasteiger partial charge in [0, 0.05) is 23.6 Å². The van der Waals surface area contributed by atoms with Gasteiger partial charge in [-0.3, -0.25) is 4.79 Å². The van der Waals surface area contributed by atoms with Crippen molar-refractivity contribution in [2.75, 3.05) is 19.6 Å². The average Bonchev–Trinajstić information content (AvgIpc) is 2.47. The Labute approximate surface area is 140 Å². The highest BCUT2D eigenvalue weighted by atomic mass is 79.9. The van der Waals surface area contributed by atoms with Crippen LogP contribution in [0.2, 0.25) is 5.02 Å². The van der Waals surface area contributed by atoms with Gasteiger partial charge in [0.2, 0.25) is 0 Å². The zero-order valence-electron chi connectivity index (χ0n) is 12.5. The van der Waals surface area contributed by atoms with Crippen LogP contribution >= 0.6 is 27.5 Å². The summed E-state index contributed by atoms with van der Waals surface area (Å²) < 4.78 is 0.880. The van der Waals surface area contributed by atoms with Gasteiger partial charge in [-0.15, -0.1) is 0 Å². The van der Waals surface area contributed by atoms with E-state index in [0.29, 0.717) is 22.5 Å². The number of likely N-dealkylation sites (tertiary alicyclic amines) is 1. The smallest absolute Gasteiger partial charge is 0.255 e. The van der Waals surface area contributed by atoms with E-state index in [1.54, 1.807) is 12.1 Å². The number of carbonyl (C=O) groups excluding carboxylic acids is 1. The fourth-order valence-corrected chi connectivity index (χ4v) is 3.21. The molecule has 1 aliphatic heterocycles. The molecule has 1 aromatic rings. The molecular formula is C16H22BrClN2O. The monoisotopic (exact) mass is 372 g/mol. The highest BCUT2D eigenvalue weighted by Gasteiger charge is 2.25. The molecule has 21 heavy (non-hydrogen) atoms. The van der Waals surface area contributed by atoms with Crippen LogP contribution in [0.3, 0.4) is 0 Å². The second-order valence-electron chi connectivity index (χ2n) is 5.95. The van der Waals surface area contributed by atoms with E-state index in [-0.39, 0.29) is 5.91 Å². The molecule has 0 saturated carbocycles. The maximum Gasteiger partial charge on any atom is 0.255 e. The number of nitrogens with one attached hydrogen (secondary N) is 1. The first-order valence-corrected chi connectivity index (χ1v) is 8.62. The molecule has 0 radical (unpaired) electrons. The molecule has 0 aliphatic carbocycles. The Morgan fingerprint density at radius 3 is 3.00 bits per heavy atom. The zero-order chi connectivity index (χ0) is 15.4. The van der Waals surface area contributed by atoms with Crippen molar-refractivity contribution in [3.63, 3.8) is 0 Å². The second kappa shape index (κ2) is 7.61. The summed E-state index contributed by atoms with van der Waals surface area (Å²) in [4.78, 5) is 14.6. The first-order chi connectivity index (χ1) is 9.97. The van der Waals surface area contributed by atoms with E-state index in [1.807, 2.05) is 11.0 Å². The van der Waals surface area contributed by atoms with Crippen LogP contribution in [0.5, 0.6) is 0 Å². The van der Waals surface area contributed by atoms with Gasteiger partial charge in [-0.05, 0) is 43.5 Å². The third-order valence-corrected chi connectivity index (χ3v) is 4.60. The van der Waals surface area contributed by atoms with Gasteiger partial charge in [-0.2, -0.15) is 0 Å². The number of piperidine rings is 1. The lowest BCUT2D eigenvalue weighted by Crippen LogP contribution is -2.43. The molecule has 1 atom stereocenters. The van der Waals surface area contributed by atoms with Gasteiger partial charge in [-0.25, -0.2) is 0 Å². The first kappa shape index (κ1) is 16.8. The molecular weight excluding hydrogens is 352 g/mol. The van der Waals surface area contributed by atoms with Crippen LogP contribution in [0.15, 0.2) is 22.7 Å². The van der Waals surface area contributed by atoms with Crippen molar-refractivity contribution in [1.82, 2.24) is 10.2 Å². The van der Waals surface area contributed by atoms with Crippen LogP contribution in [0.25, 0.3) is 0 Å². The summed E-state index contributed by atoms with van der Waals surface area (Å²) in [7, 11) is 0. The first-order valence-electron chi connectivity index (χ1n) is 7.45. The van der Waals surface area contributed by atoms with E-state index < -0.39 is 0 Å². The lowest BCUT2D eigenvalue weighted by molar-refractivity contribution is 0.0672. The lowest BCUT2D eigenvalue weighted by Gasteiger charge is -2.33. The molecule has 1 amide bonds. The Morgan fingerprint density at radius 1 is 1.52 bits per heavy atom. The van der Waals surface area contributed by atoms with Crippen molar-refractivity contribution in [2.24, 2.45) is 5.92 Å². The van der Waals surface area contributed by atoms with Crippen LogP contribution in [0.1, 0.15) is 37.0 Å². The van der Waals surface area contributed by atoms with Gasteiger partial charge >= 0.3 is 0 Å². The molecule has 0 bridgehead atoms. The molecule has 0 aromatic heterocycles. The minimum atomic E-state index is 0.0375. The maximum atomic E-state index is 12.7. The van der Waals surface area contributed by atoms with Gasteiger partial charge in [0.25, 0.3) is 5.91 Å². The van der Waals surface area contributed by atoms with E-state index in [4.69, 9.17) is 11.6 Å².